The van der Waals surface area contributed by atoms with Gasteiger partial charge in [-0.2, -0.15) is 20.1 Å². The molecule has 0 spiro atoms. The number of rotatable bonds is 3. The minimum atomic E-state index is 0.103. The highest BCUT2D eigenvalue weighted by Gasteiger charge is 2.12. The van der Waals surface area contributed by atoms with Crippen LogP contribution in [0.4, 0.5) is 0 Å². The summed E-state index contributed by atoms with van der Waals surface area (Å²) in [4.78, 5) is 12.6. The Kier molecular flexibility index (Phi) is 3.30. The van der Waals surface area contributed by atoms with Gasteiger partial charge in [0.1, 0.15) is 5.75 Å². The van der Waals surface area contributed by atoms with E-state index in [1.54, 1.807) is 25.6 Å². The number of benzene rings is 1. The van der Waals surface area contributed by atoms with E-state index in [4.69, 9.17) is 16.3 Å². The second-order valence-corrected chi connectivity index (χ2v) is 4.22. The van der Waals surface area contributed by atoms with Gasteiger partial charge in [-0.3, -0.25) is 0 Å². The minimum absolute atomic E-state index is 0.103. The number of methoxy groups -OCH3 is 1. The smallest absolute Gasteiger partial charge is 0.255 e. The van der Waals surface area contributed by atoms with Crippen LogP contribution < -0.4 is 4.74 Å². The fourth-order valence-electron chi connectivity index (χ4n) is 1.78. The van der Waals surface area contributed by atoms with Gasteiger partial charge in [-0.1, -0.05) is 12.1 Å². The van der Waals surface area contributed by atoms with Gasteiger partial charge in [-0.25, -0.2) is 4.68 Å². The average Bonchev–Trinajstić information content (AvgIpc) is 3.01. The molecule has 100 valence electrons. The first-order chi connectivity index (χ1) is 9.78. The zero-order chi connectivity index (χ0) is 13.9. The Hall–Kier alpha value is -2.47. The molecular weight excluding hydrogens is 278 g/mol. The van der Waals surface area contributed by atoms with E-state index in [9.17, 15) is 0 Å². The summed E-state index contributed by atoms with van der Waals surface area (Å²) in [6.45, 7) is 0. The van der Waals surface area contributed by atoms with E-state index < -0.39 is 0 Å². The van der Waals surface area contributed by atoms with Crippen LogP contribution in [-0.2, 0) is 0 Å². The lowest BCUT2D eigenvalue weighted by atomic mass is 10.2. The molecule has 0 bridgehead atoms. The van der Waals surface area contributed by atoms with E-state index in [1.807, 2.05) is 24.3 Å². The maximum atomic E-state index is 5.97. The average molecular weight is 288 g/mol. The SMILES string of the molecule is COc1ccccc1-c1nc(Cl)nc(-n2cccn2)n1. The van der Waals surface area contributed by atoms with Gasteiger partial charge in [0.2, 0.25) is 5.28 Å². The highest BCUT2D eigenvalue weighted by molar-refractivity contribution is 6.28. The van der Waals surface area contributed by atoms with Crippen LogP contribution in [-0.4, -0.2) is 31.8 Å². The molecule has 20 heavy (non-hydrogen) atoms. The summed E-state index contributed by atoms with van der Waals surface area (Å²) >= 11 is 5.97. The van der Waals surface area contributed by atoms with Gasteiger partial charge in [0.25, 0.3) is 5.95 Å². The molecule has 0 fully saturated rings. The van der Waals surface area contributed by atoms with Crippen LogP contribution in [0.1, 0.15) is 0 Å². The maximum absolute atomic E-state index is 5.97. The standard InChI is InChI=1S/C13H10ClN5O/c1-20-10-6-3-2-5-9(10)11-16-12(14)18-13(17-11)19-8-4-7-15-19/h2-8H,1H3. The highest BCUT2D eigenvalue weighted by Crippen LogP contribution is 2.27. The van der Waals surface area contributed by atoms with Crippen LogP contribution in [0.5, 0.6) is 5.75 Å². The minimum Gasteiger partial charge on any atom is -0.496 e. The van der Waals surface area contributed by atoms with Crippen molar-refractivity contribution in [2.75, 3.05) is 7.11 Å². The summed E-state index contributed by atoms with van der Waals surface area (Å²) < 4.78 is 6.82. The van der Waals surface area contributed by atoms with E-state index in [0.717, 1.165) is 5.56 Å². The number of aromatic nitrogens is 5. The van der Waals surface area contributed by atoms with Crippen LogP contribution in [0.25, 0.3) is 17.3 Å². The van der Waals surface area contributed by atoms with Crippen molar-refractivity contribution >= 4 is 11.6 Å². The molecule has 3 rings (SSSR count). The quantitative estimate of drug-likeness (QED) is 0.740. The molecule has 7 heteroatoms. The summed E-state index contributed by atoms with van der Waals surface area (Å²) in [5.74, 6) is 1.46. The Morgan fingerprint density at radius 3 is 2.70 bits per heavy atom. The number of para-hydroxylation sites is 1. The molecule has 2 heterocycles. The van der Waals surface area contributed by atoms with Gasteiger partial charge >= 0.3 is 0 Å². The Morgan fingerprint density at radius 1 is 1.10 bits per heavy atom. The lowest BCUT2D eigenvalue weighted by Gasteiger charge is -2.08. The first kappa shape index (κ1) is 12.6. The Morgan fingerprint density at radius 2 is 1.95 bits per heavy atom. The fraction of sp³-hybridized carbons (Fsp3) is 0.0769. The highest BCUT2D eigenvalue weighted by atomic mass is 35.5. The molecule has 0 saturated carbocycles. The molecule has 6 nitrogen and oxygen atoms in total. The van der Waals surface area contributed by atoms with Crippen molar-refractivity contribution in [3.8, 4) is 23.1 Å². The van der Waals surface area contributed by atoms with Crippen molar-refractivity contribution in [2.24, 2.45) is 0 Å². The predicted molar refractivity (Wildman–Crippen MR) is 73.9 cm³/mol. The zero-order valence-electron chi connectivity index (χ0n) is 10.6. The van der Waals surface area contributed by atoms with Gasteiger partial charge < -0.3 is 4.74 Å². The zero-order valence-corrected chi connectivity index (χ0v) is 11.3. The summed E-state index contributed by atoms with van der Waals surface area (Å²) in [7, 11) is 1.59. The summed E-state index contributed by atoms with van der Waals surface area (Å²) in [5, 5.41) is 4.18. The van der Waals surface area contributed by atoms with Crippen LogP contribution in [0.3, 0.4) is 0 Å². The second-order valence-electron chi connectivity index (χ2n) is 3.88. The summed E-state index contributed by atoms with van der Waals surface area (Å²) in [6.07, 6.45) is 3.37. The lowest BCUT2D eigenvalue weighted by Crippen LogP contribution is -2.05. The molecule has 0 amide bonds. The van der Waals surface area contributed by atoms with Crippen molar-refractivity contribution < 1.29 is 4.74 Å². The molecule has 0 atom stereocenters. The van der Waals surface area contributed by atoms with E-state index in [2.05, 4.69) is 20.1 Å². The lowest BCUT2D eigenvalue weighted by molar-refractivity contribution is 0.416. The number of ether oxygens (including phenoxy) is 1. The van der Waals surface area contributed by atoms with Gasteiger partial charge in [-0.05, 0) is 29.8 Å². The molecule has 2 aromatic heterocycles. The molecule has 0 aliphatic heterocycles. The molecule has 0 aliphatic rings. The number of hydrogen-bond donors (Lipinski definition) is 0. The predicted octanol–water partition coefficient (Wildman–Crippen LogP) is 2.39. The third kappa shape index (κ3) is 2.33. The van der Waals surface area contributed by atoms with Crippen molar-refractivity contribution in [3.63, 3.8) is 0 Å². The van der Waals surface area contributed by atoms with Crippen LogP contribution in [0, 0.1) is 0 Å². The van der Waals surface area contributed by atoms with Crippen LogP contribution in [0.15, 0.2) is 42.7 Å². The topological polar surface area (TPSA) is 65.7 Å². The molecule has 0 aliphatic carbocycles. The fourth-order valence-corrected chi connectivity index (χ4v) is 1.93. The first-order valence-corrected chi connectivity index (χ1v) is 6.20. The molecular formula is C13H10ClN5O. The number of nitrogens with zero attached hydrogens (tertiary/aromatic N) is 5. The largest absolute Gasteiger partial charge is 0.496 e. The van der Waals surface area contributed by atoms with Crippen molar-refractivity contribution in [1.29, 1.82) is 0 Å². The van der Waals surface area contributed by atoms with E-state index in [0.29, 0.717) is 17.5 Å². The molecule has 0 unspecified atom stereocenters. The molecule has 0 saturated heterocycles. The summed E-state index contributed by atoms with van der Waals surface area (Å²) in [5.41, 5.74) is 0.743. The van der Waals surface area contributed by atoms with E-state index in [-0.39, 0.29) is 5.28 Å². The third-order valence-electron chi connectivity index (χ3n) is 2.65. The monoisotopic (exact) mass is 287 g/mol. The molecule has 0 radical (unpaired) electrons. The number of halogens is 1. The van der Waals surface area contributed by atoms with Crippen LogP contribution >= 0.6 is 11.6 Å². The van der Waals surface area contributed by atoms with E-state index >= 15 is 0 Å². The molecule has 1 aromatic carbocycles. The Balaban J connectivity index is 2.15. The molecule has 3 aromatic rings. The summed E-state index contributed by atoms with van der Waals surface area (Å²) in [6, 6.07) is 9.22. The van der Waals surface area contributed by atoms with Gasteiger partial charge in [0.05, 0.1) is 12.7 Å². The van der Waals surface area contributed by atoms with Gasteiger partial charge in [0, 0.05) is 12.4 Å². The van der Waals surface area contributed by atoms with E-state index in [1.165, 1.54) is 4.68 Å². The second kappa shape index (κ2) is 5.26. The first-order valence-electron chi connectivity index (χ1n) is 5.83. The van der Waals surface area contributed by atoms with Crippen molar-refractivity contribution in [2.45, 2.75) is 0 Å². The Bertz CT molecular complexity index is 729. The maximum Gasteiger partial charge on any atom is 0.255 e. The normalized spacial score (nSPS) is 10.5. The van der Waals surface area contributed by atoms with Crippen molar-refractivity contribution in [1.82, 2.24) is 24.7 Å². The van der Waals surface area contributed by atoms with Crippen LogP contribution in [0.2, 0.25) is 5.28 Å². The molecule has 0 N–H and O–H groups in total. The van der Waals surface area contributed by atoms with Gasteiger partial charge in [0.15, 0.2) is 5.82 Å². The number of hydrogen-bond acceptors (Lipinski definition) is 5. The third-order valence-corrected chi connectivity index (χ3v) is 2.82. The van der Waals surface area contributed by atoms with Crippen molar-refractivity contribution in [3.05, 3.63) is 48.0 Å². The Labute approximate surface area is 120 Å². The van der Waals surface area contributed by atoms with Gasteiger partial charge in [-0.15, -0.1) is 0 Å².